The Bertz CT molecular complexity index is 111. The first-order valence-corrected chi connectivity index (χ1v) is 7.84. The first-order valence-electron chi connectivity index (χ1n) is 3.21. The van der Waals surface area contributed by atoms with Gasteiger partial charge >= 0.3 is 0 Å². The van der Waals surface area contributed by atoms with E-state index >= 15 is 0 Å². The van der Waals surface area contributed by atoms with Gasteiger partial charge in [0.1, 0.15) is 0 Å². The van der Waals surface area contributed by atoms with E-state index in [9.17, 15) is 0 Å². The average Bonchev–Trinajstić information content (AvgIpc) is 1.64. The van der Waals surface area contributed by atoms with Gasteiger partial charge in [-0.25, -0.2) is 0 Å². The van der Waals surface area contributed by atoms with Crippen LogP contribution in [-0.2, 0) is 0 Å². The van der Waals surface area contributed by atoms with Crippen LogP contribution in [0.15, 0.2) is 11.3 Å². The lowest BCUT2D eigenvalue weighted by molar-refractivity contribution is 1.50. The van der Waals surface area contributed by atoms with Gasteiger partial charge in [0.15, 0.2) is 0 Å². The summed E-state index contributed by atoms with van der Waals surface area (Å²) in [6, 6.07) is 0. The fourth-order valence-corrected chi connectivity index (χ4v) is 1.92. The zero-order valence-electron chi connectivity index (χ0n) is 6.66. The average molecular weight is 207 g/mol. The van der Waals surface area contributed by atoms with Crippen LogP contribution in [0.3, 0.4) is 0 Å². The number of allylic oxidation sites excluding steroid dienone is 2. The Morgan fingerprint density at radius 1 is 1.44 bits per heavy atom. The van der Waals surface area contributed by atoms with E-state index in [2.05, 4.69) is 48.6 Å². The molecule has 0 saturated carbocycles. The minimum Gasteiger partial charge on any atom is -0.0883 e. The van der Waals surface area contributed by atoms with Gasteiger partial charge in [-0.2, -0.15) is 0 Å². The first kappa shape index (κ1) is 9.44. The molecule has 0 amide bonds. The lowest BCUT2D eigenvalue weighted by Crippen LogP contribution is -2.21. The van der Waals surface area contributed by atoms with Crippen LogP contribution < -0.4 is 0 Å². The van der Waals surface area contributed by atoms with Gasteiger partial charge in [-0.05, 0) is 6.92 Å². The van der Waals surface area contributed by atoms with Crippen LogP contribution in [0.4, 0.5) is 0 Å². The molecule has 0 aliphatic heterocycles. The predicted octanol–water partition coefficient (Wildman–Crippen LogP) is 3.21. The number of hydrogen-bond acceptors (Lipinski definition) is 0. The van der Waals surface area contributed by atoms with E-state index in [1.54, 1.807) is 5.20 Å². The highest BCUT2D eigenvalue weighted by atomic mass is 79.9. The lowest BCUT2D eigenvalue weighted by Gasteiger charge is -2.16. The van der Waals surface area contributed by atoms with Crippen LogP contribution >= 0.6 is 15.9 Å². The SMILES string of the molecule is CC(=CCBr)[Si](C)(C)C. The van der Waals surface area contributed by atoms with Crippen LogP contribution in [0.25, 0.3) is 0 Å². The summed E-state index contributed by atoms with van der Waals surface area (Å²) in [5.74, 6) is 0. The zero-order valence-corrected chi connectivity index (χ0v) is 9.25. The molecule has 0 unspecified atom stereocenters. The number of alkyl halides is 1. The second kappa shape index (κ2) is 3.57. The topological polar surface area (TPSA) is 0 Å². The molecule has 0 saturated heterocycles. The maximum Gasteiger partial charge on any atom is 0.0716 e. The third-order valence-corrected chi connectivity index (χ3v) is 4.46. The van der Waals surface area contributed by atoms with Crippen LogP contribution in [0.2, 0.25) is 19.6 Å². The van der Waals surface area contributed by atoms with Crippen molar-refractivity contribution in [1.29, 1.82) is 0 Å². The van der Waals surface area contributed by atoms with E-state index < -0.39 is 8.07 Å². The summed E-state index contributed by atoms with van der Waals surface area (Å²) in [6.45, 7) is 9.32. The lowest BCUT2D eigenvalue weighted by atomic mass is 10.6. The van der Waals surface area contributed by atoms with E-state index in [-0.39, 0.29) is 0 Å². The van der Waals surface area contributed by atoms with Crippen molar-refractivity contribution >= 4 is 24.0 Å². The highest BCUT2D eigenvalue weighted by Gasteiger charge is 2.13. The van der Waals surface area contributed by atoms with Gasteiger partial charge in [0.25, 0.3) is 0 Å². The monoisotopic (exact) mass is 206 g/mol. The predicted molar refractivity (Wildman–Crippen MR) is 50.9 cm³/mol. The summed E-state index contributed by atoms with van der Waals surface area (Å²) >= 11 is 3.39. The van der Waals surface area contributed by atoms with Crippen LogP contribution in [-0.4, -0.2) is 13.4 Å². The highest BCUT2D eigenvalue weighted by Crippen LogP contribution is 2.12. The van der Waals surface area contributed by atoms with Crippen LogP contribution in [0, 0.1) is 0 Å². The van der Waals surface area contributed by atoms with Gasteiger partial charge in [-0.1, -0.05) is 46.8 Å². The van der Waals surface area contributed by atoms with Crippen LogP contribution in [0.5, 0.6) is 0 Å². The number of halogens is 1. The molecule has 0 aliphatic rings. The minimum absolute atomic E-state index is 0.950. The van der Waals surface area contributed by atoms with Crippen molar-refractivity contribution in [2.75, 3.05) is 5.33 Å². The molecule has 0 spiro atoms. The molecule has 0 fully saturated rings. The fourth-order valence-electron chi connectivity index (χ4n) is 0.422. The van der Waals surface area contributed by atoms with Crippen molar-refractivity contribution in [2.24, 2.45) is 0 Å². The Morgan fingerprint density at radius 2 is 1.89 bits per heavy atom. The Labute approximate surface area is 67.5 Å². The standard InChI is InChI=1S/C7H15BrSi/c1-7(5-6-8)9(2,3)4/h5H,6H2,1-4H3. The molecule has 54 valence electrons. The fraction of sp³-hybridized carbons (Fsp3) is 0.714. The molecule has 0 atom stereocenters. The molecule has 0 radical (unpaired) electrons. The van der Waals surface area contributed by atoms with Crippen molar-refractivity contribution in [3.8, 4) is 0 Å². The molecule has 2 heteroatoms. The Hall–Kier alpha value is 0.437. The Kier molecular flexibility index (Phi) is 3.74. The van der Waals surface area contributed by atoms with Gasteiger partial charge < -0.3 is 0 Å². The molecule has 0 bridgehead atoms. The maximum atomic E-state index is 3.39. The molecular weight excluding hydrogens is 192 g/mol. The molecule has 9 heavy (non-hydrogen) atoms. The second-order valence-electron chi connectivity index (χ2n) is 3.29. The quantitative estimate of drug-likeness (QED) is 0.481. The smallest absolute Gasteiger partial charge is 0.0716 e. The van der Waals surface area contributed by atoms with Gasteiger partial charge in [0, 0.05) is 5.33 Å². The zero-order chi connectivity index (χ0) is 7.49. The maximum absolute atomic E-state index is 3.39. The van der Waals surface area contributed by atoms with Crippen molar-refractivity contribution in [1.82, 2.24) is 0 Å². The third kappa shape index (κ3) is 3.93. The summed E-state index contributed by atoms with van der Waals surface area (Å²) in [4.78, 5) is 0. The molecule has 0 aliphatic carbocycles. The molecule has 0 rings (SSSR count). The molecule has 0 heterocycles. The van der Waals surface area contributed by atoms with E-state index in [1.165, 1.54) is 0 Å². The molecule has 0 aromatic heterocycles. The van der Waals surface area contributed by atoms with Crippen molar-refractivity contribution in [3.63, 3.8) is 0 Å². The summed E-state index contributed by atoms with van der Waals surface area (Å²) in [6.07, 6.45) is 2.27. The second-order valence-corrected chi connectivity index (χ2v) is 9.23. The van der Waals surface area contributed by atoms with E-state index in [0.717, 1.165) is 5.33 Å². The number of hydrogen-bond donors (Lipinski definition) is 0. The summed E-state index contributed by atoms with van der Waals surface area (Å²) < 4.78 is 0. The summed E-state index contributed by atoms with van der Waals surface area (Å²) in [5.41, 5.74) is 0. The van der Waals surface area contributed by atoms with Gasteiger partial charge in [-0.15, -0.1) is 0 Å². The highest BCUT2D eigenvalue weighted by molar-refractivity contribution is 9.09. The molecule has 0 nitrogen and oxygen atoms in total. The summed E-state index contributed by atoms with van der Waals surface area (Å²) in [7, 11) is -0.950. The van der Waals surface area contributed by atoms with E-state index in [1.807, 2.05) is 0 Å². The van der Waals surface area contributed by atoms with Crippen molar-refractivity contribution in [3.05, 3.63) is 11.3 Å². The van der Waals surface area contributed by atoms with Crippen molar-refractivity contribution in [2.45, 2.75) is 26.6 Å². The molecular formula is C7H15BrSi. The normalized spacial score (nSPS) is 14.1. The van der Waals surface area contributed by atoms with Gasteiger partial charge in [-0.3, -0.25) is 0 Å². The number of rotatable bonds is 2. The Morgan fingerprint density at radius 3 is 2.00 bits per heavy atom. The largest absolute Gasteiger partial charge is 0.0883 e. The van der Waals surface area contributed by atoms with Gasteiger partial charge in [0.05, 0.1) is 8.07 Å². The van der Waals surface area contributed by atoms with E-state index in [0.29, 0.717) is 0 Å². The molecule has 0 aromatic rings. The van der Waals surface area contributed by atoms with Gasteiger partial charge in [0.2, 0.25) is 0 Å². The third-order valence-electron chi connectivity index (χ3n) is 1.57. The molecule has 0 N–H and O–H groups in total. The molecule has 0 aromatic carbocycles. The van der Waals surface area contributed by atoms with Crippen molar-refractivity contribution < 1.29 is 0 Å². The summed E-state index contributed by atoms with van der Waals surface area (Å²) in [5, 5.41) is 2.59. The minimum atomic E-state index is -0.950. The Balaban J connectivity index is 4.03. The first-order chi connectivity index (χ1) is 3.98. The van der Waals surface area contributed by atoms with Crippen LogP contribution in [0.1, 0.15) is 6.92 Å². The van der Waals surface area contributed by atoms with E-state index in [4.69, 9.17) is 0 Å².